The summed E-state index contributed by atoms with van der Waals surface area (Å²) >= 11 is 1.39. The second kappa shape index (κ2) is 2.99. The molecular formula is C8H9N2O2S-. The number of carbonyl (C=O) groups is 1. The van der Waals surface area contributed by atoms with Gasteiger partial charge in [0.15, 0.2) is 5.13 Å². The van der Waals surface area contributed by atoms with Crippen LogP contribution in [0.15, 0.2) is 0 Å². The van der Waals surface area contributed by atoms with E-state index >= 15 is 0 Å². The number of carbonyl (C=O) groups excluding carboxylic acids is 1. The number of thiazole rings is 1. The molecule has 2 N–H and O–H groups in total. The van der Waals surface area contributed by atoms with E-state index in [0.29, 0.717) is 24.4 Å². The summed E-state index contributed by atoms with van der Waals surface area (Å²) < 4.78 is 0. The minimum atomic E-state index is -0.961. The molecule has 0 saturated carbocycles. The summed E-state index contributed by atoms with van der Waals surface area (Å²) in [6.45, 7) is 0. The van der Waals surface area contributed by atoms with E-state index in [1.807, 2.05) is 0 Å². The van der Waals surface area contributed by atoms with Crippen LogP contribution in [0.3, 0.4) is 0 Å². The number of hydrogen-bond acceptors (Lipinski definition) is 5. The summed E-state index contributed by atoms with van der Waals surface area (Å²) in [6, 6.07) is 0. The molecule has 1 aliphatic rings. The van der Waals surface area contributed by atoms with Crippen LogP contribution in [0.2, 0.25) is 0 Å². The maximum Gasteiger partial charge on any atom is 0.180 e. The second-order valence-corrected chi connectivity index (χ2v) is 4.30. The number of carboxylic acid groups (broad SMARTS) is 1. The molecular weight excluding hydrogens is 188 g/mol. The first-order valence-corrected chi connectivity index (χ1v) is 4.93. The zero-order valence-electron chi connectivity index (χ0n) is 6.95. The highest BCUT2D eigenvalue weighted by molar-refractivity contribution is 7.15. The average Bonchev–Trinajstić information content (AvgIpc) is 2.42. The molecule has 70 valence electrons. The first kappa shape index (κ1) is 8.50. The Hall–Kier alpha value is -1.10. The third-order valence-electron chi connectivity index (χ3n) is 2.29. The number of anilines is 1. The number of fused-ring (bicyclic) bond motifs is 1. The second-order valence-electron chi connectivity index (χ2n) is 3.18. The Kier molecular flexibility index (Phi) is 1.95. The van der Waals surface area contributed by atoms with Crippen molar-refractivity contribution >= 4 is 22.4 Å². The molecule has 0 saturated heterocycles. The molecule has 0 spiro atoms. The fourth-order valence-electron chi connectivity index (χ4n) is 1.60. The molecule has 2 rings (SSSR count). The van der Waals surface area contributed by atoms with Gasteiger partial charge in [0.05, 0.1) is 5.69 Å². The van der Waals surface area contributed by atoms with Gasteiger partial charge in [0, 0.05) is 16.8 Å². The van der Waals surface area contributed by atoms with Gasteiger partial charge in [-0.2, -0.15) is 0 Å². The lowest BCUT2D eigenvalue weighted by atomic mass is 9.91. The van der Waals surface area contributed by atoms with Gasteiger partial charge < -0.3 is 15.6 Å². The van der Waals surface area contributed by atoms with E-state index < -0.39 is 5.97 Å². The van der Waals surface area contributed by atoms with Gasteiger partial charge in [-0.3, -0.25) is 0 Å². The van der Waals surface area contributed by atoms with Crippen LogP contribution in [0.1, 0.15) is 17.0 Å². The molecule has 4 nitrogen and oxygen atoms in total. The predicted octanol–water partition coefficient (Wildman–Crippen LogP) is -0.420. The Morgan fingerprint density at radius 3 is 3.15 bits per heavy atom. The van der Waals surface area contributed by atoms with Crippen molar-refractivity contribution in [1.29, 1.82) is 0 Å². The van der Waals surface area contributed by atoms with E-state index in [9.17, 15) is 9.90 Å². The van der Waals surface area contributed by atoms with Crippen molar-refractivity contribution in [2.24, 2.45) is 5.92 Å². The Balaban J connectivity index is 2.24. The van der Waals surface area contributed by atoms with Crippen LogP contribution in [0.5, 0.6) is 0 Å². The molecule has 0 amide bonds. The Morgan fingerprint density at radius 1 is 1.69 bits per heavy atom. The largest absolute Gasteiger partial charge is 0.550 e. The molecule has 0 aromatic carbocycles. The van der Waals surface area contributed by atoms with Gasteiger partial charge >= 0.3 is 0 Å². The molecule has 1 aromatic rings. The van der Waals surface area contributed by atoms with E-state index in [2.05, 4.69) is 4.98 Å². The number of aryl methyl sites for hydroxylation is 1. The molecule has 5 heteroatoms. The lowest BCUT2D eigenvalue weighted by molar-refractivity contribution is -0.311. The minimum absolute atomic E-state index is 0.354. The molecule has 1 atom stereocenters. The lowest BCUT2D eigenvalue weighted by Crippen LogP contribution is -2.34. The summed E-state index contributed by atoms with van der Waals surface area (Å²) in [4.78, 5) is 15.8. The van der Waals surface area contributed by atoms with E-state index in [0.717, 1.165) is 10.6 Å². The van der Waals surface area contributed by atoms with Crippen molar-refractivity contribution in [2.75, 3.05) is 5.73 Å². The van der Waals surface area contributed by atoms with Crippen molar-refractivity contribution in [1.82, 2.24) is 4.98 Å². The Bertz CT molecular complexity index is 348. The highest BCUT2D eigenvalue weighted by atomic mass is 32.1. The summed E-state index contributed by atoms with van der Waals surface area (Å²) in [7, 11) is 0. The number of aromatic nitrogens is 1. The van der Waals surface area contributed by atoms with E-state index in [4.69, 9.17) is 5.73 Å². The van der Waals surface area contributed by atoms with E-state index in [1.54, 1.807) is 0 Å². The minimum Gasteiger partial charge on any atom is -0.550 e. The number of nitrogens with zero attached hydrogens (tertiary/aromatic N) is 1. The molecule has 1 heterocycles. The molecule has 0 bridgehead atoms. The van der Waals surface area contributed by atoms with Crippen molar-refractivity contribution in [3.63, 3.8) is 0 Å². The van der Waals surface area contributed by atoms with Gasteiger partial charge in [-0.05, 0) is 19.3 Å². The number of nitrogens with two attached hydrogens (primary N) is 1. The quantitative estimate of drug-likeness (QED) is 0.663. The zero-order chi connectivity index (χ0) is 9.42. The first-order valence-electron chi connectivity index (χ1n) is 4.11. The van der Waals surface area contributed by atoms with E-state index in [1.165, 1.54) is 11.3 Å². The predicted molar refractivity (Wildman–Crippen MR) is 47.0 cm³/mol. The number of aliphatic carboxylic acids is 1. The number of hydrogen-bond donors (Lipinski definition) is 1. The molecule has 0 radical (unpaired) electrons. The summed E-state index contributed by atoms with van der Waals surface area (Å²) in [5, 5.41) is 11.1. The third kappa shape index (κ3) is 1.51. The molecule has 1 aliphatic carbocycles. The van der Waals surface area contributed by atoms with Crippen LogP contribution in [-0.4, -0.2) is 11.0 Å². The third-order valence-corrected chi connectivity index (χ3v) is 3.24. The van der Waals surface area contributed by atoms with Crippen molar-refractivity contribution in [3.8, 4) is 0 Å². The fourth-order valence-corrected chi connectivity index (χ4v) is 2.55. The first-order chi connectivity index (χ1) is 6.16. The standard InChI is InChI=1S/C8H10N2O2S/c9-8-10-5-2-1-4(7(11)12)3-6(5)13-8/h4H,1-3H2,(H2,9,10)(H,11,12)/p-1. The maximum atomic E-state index is 10.6. The summed E-state index contributed by atoms with van der Waals surface area (Å²) in [5.74, 6) is -1.31. The Morgan fingerprint density at radius 2 is 2.46 bits per heavy atom. The van der Waals surface area contributed by atoms with Crippen molar-refractivity contribution in [3.05, 3.63) is 10.6 Å². The highest BCUT2D eigenvalue weighted by Gasteiger charge is 2.22. The number of nitrogen functional groups attached to an aromatic ring is 1. The van der Waals surface area contributed by atoms with Crippen LogP contribution < -0.4 is 10.8 Å². The highest BCUT2D eigenvalue weighted by Crippen LogP contribution is 2.30. The van der Waals surface area contributed by atoms with Crippen LogP contribution in [0.25, 0.3) is 0 Å². The summed E-state index contributed by atoms with van der Waals surface area (Å²) in [6.07, 6.45) is 1.87. The van der Waals surface area contributed by atoms with Gasteiger partial charge in [0.2, 0.25) is 0 Å². The van der Waals surface area contributed by atoms with E-state index in [-0.39, 0.29) is 5.92 Å². The van der Waals surface area contributed by atoms with Crippen LogP contribution >= 0.6 is 11.3 Å². The maximum absolute atomic E-state index is 10.6. The number of rotatable bonds is 1. The van der Waals surface area contributed by atoms with Crippen LogP contribution in [0, 0.1) is 5.92 Å². The fraction of sp³-hybridized carbons (Fsp3) is 0.500. The Labute approximate surface area is 79.4 Å². The van der Waals surface area contributed by atoms with Gasteiger partial charge in [-0.15, -0.1) is 11.3 Å². The van der Waals surface area contributed by atoms with Gasteiger partial charge in [0.25, 0.3) is 0 Å². The normalized spacial score (nSPS) is 21.1. The van der Waals surface area contributed by atoms with Gasteiger partial charge in [-0.25, -0.2) is 4.98 Å². The van der Waals surface area contributed by atoms with Crippen molar-refractivity contribution in [2.45, 2.75) is 19.3 Å². The molecule has 13 heavy (non-hydrogen) atoms. The van der Waals surface area contributed by atoms with Gasteiger partial charge in [0.1, 0.15) is 0 Å². The van der Waals surface area contributed by atoms with Gasteiger partial charge in [-0.1, -0.05) is 0 Å². The molecule has 0 fully saturated rings. The van der Waals surface area contributed by atoms with Crippen LogP contribution in [-0.2, 0) is 17.6 Å². The topological polar surface area (TPSA) is 79.0 Å². The van der Waals surface area contributed by atoms with Crippen molar-refractivity contribution < 1.29 is 9.90 Å². The molecule has 1 unspecified atom stereocenters. The molecule has 1 aromatic heterocycles. The molecule has 0 aliphatic heterocycles. The summed E-state index contributed by atoms with van der Waals surface area (Å²) in [5.41, 5.74) is 6.50. The average molecular weight is 197 g/mol. The van der Waals surface area contributed by atoms with Crippen LogP contribution in [0.4, 0.5) is 5.13 Å². The zero-order valence-corrected chi connectivity index (χ0v) is 7.76. The smallest absolute Gasteiger partial charge is 0.180 e. The monoisotopic (exact) mass is 197 g/mol. The SMILES string of the molecule is Nc1nc2c(s1)CC(C(=O)[O-])CC2. The number of carboxylic acids is 1. The lowest BCUT2D eigenvalue weighted by Gasteiger charge is -2.21.